The van der Waals surface area contributed by atoms with Gasteiger partial charge in [-0.25, -0.2) is 9.67 Å². The molecule has 0 aromatic carbocycles. The lowest BCUT2D eigenvalue weighted by atomic mass is 9.84. The zero-order valence-corrected chi connectivity index (χ0v) is 17.7. The van der Waals surface area contributed by atoms with Gasteiger partial charge in [-0.3, -0.25) is 14.8 Å². The van der Waals surface area contributed by atoms with Gasteiger partial charge >= 0.3 is 12.4 Å². The molecule has 0 unspecified atom stereocenters. The van der Waals surface area contributed by atoms with Crippen molar-refractivity contribution in [1.82, 2.24) is 24.7 Å². The molecule has 3 aromatic rings. The molecule has 0 bridgehead atoms. The van der Waals surface area contributed by atoms with Gasteiger partial charge in [-0.2, -0.15) is 31.4 Å². The third-order valence-corrected chi connectivity index (χ3v) is 5.75. The lowest BCUT2D eigenvalue weighted by Gasteiger charge is -2.22. The van der Waals surface area contributed by atoms with Gasteiger partial charge in [-0.05, 0) is 37.0 Å². The highest BCUT2D eigenvalue weighted by Gasteiger charge is 2.35. The minimum absolute atomic E-state index is 0.0316. The Kier molecular flexibility index (Phi) is 6.41. The van der Waals surface area contributed by atoms with Crippen LogP contribution in [0.25, 0.3) is 11.4 Å². The van der Waals surface area contributed by atoms with Crippen molar-refractivity contribution in [3.63, 3.8) is 0 Å². The average molecular weight is 483 g/mol. The van der Waals surface area contributed by atoms with Crippen molar-refractivity contribution in [3.05, 3.63) is 69.7 Å². The normalized spacial score (nSPS) is 15.5. The lowest BCUT2D eigenvalue weighted by Crippen LogP contribution is -2.30. The highest BCUT2D eigenvalue weighted by Crippen LogP contribution is 2.34. The van der Waals surface area contributed by atoms with Crippen molar-refractivity contribution >= 4 is 0 Å². The Labute approximate surface area is 189 Å². The summed E-state index contributed by atoms with van der Waals surface area (Å²) in [5.74, 6) is -0.137. The molecule has 12 heteroatoms. The van der Waals surface area contributed by atoms with Crippen LogP contribution in [-0.2, 0) is 18.9 Å². The van der Waals surface area contributed by atoms with Crippen molar-refractivity contribution < 1.29 is 26.3 Å². The Morgan fingerprint density at radius 3 is 2.26 bits per heavy atom. The summed E-state index contributed by atoms with van der Waals surface area (Å²) in [6.45, 7) is -0.559. The smallest absolute Gasteiger partial charge is 0.267 e. The molecular weight excluding hydrogens is 464 g/mol. The summed E-state index contributed by atoms with van der Waals surface area (Å²) in [5, 5.41) is 4.12. The largest absolute Gasteiger partial charge is 0.434 e. The van der Waals surface area contributed by atoms with Crippen LogP contribution in [-0.4, -0.2) is 24.7 Å². The van der Waals surface area contributed by atoms with Gasteiger partial charge in [0.05, 0.1) is 30.2 Å². The standard InChI is InChI=1S/C22H19F6N5O/c23-21(24,25)15-7-4-8-29-18(15)12-33-20(34)14(13-5-2-1-3-6-13)9-16(32-33)17-10-31-19(11-30-17)22(26,27)28/h4,7-11,13H,1-3,5-6,12H2. The van der Waals surface area contributed by atoms with Crippen molar-refractivity contribution in [2.45, 2.75) is 56.9 Å². The topological polar surface area (TPSA) is 73.6 Å². The highest BCUT2D eigenvalue weighted by atomic mass is 19.4. The monoisotopic (exact) mass is 483 g/mol. The van der Waals surface area contributed by atoms with E-state index in [0.717, 1.165) is 55.1 Å². The molecule has 180 valence electrons. The first-order chi connectivity index (χ1) is 16.0. The van der Waals surface area contributed by atoms with E-state index < -0.39 is 41.4 Å². The van der Waals surface area contributed by atoms with Crippen LogP contribution in [0.2, 0.25) is 0 Å². The fourth-order valence-corrected chi connectivity index (χ4v) is 4.07. The first kappa shape index (κ1) is 23.8. The second kappa shape index (κ2) is 9.15. The summed E-state index contributed by atoms with van der Waals surface area (Å²) >= 11 is 0. The summed E-state index contributed by atoms with van der Waals surface area (Å²) in [5.41, 5.74) is -2.79. The lowest BCUT2D eigenvalue weighted by molar-refractivity contribution is -0.141. The van der Waals surface area contributed by atoms with Gasteiger partial charge in [0.2, 0.25) is 0 Å². The van der Waals surface area contributed by atoms with Crippen molar-refractivity contribution in [2.75, 3.05) is 0 Å². The number of nitrogens with zero attached hydrogens (tertiary/aromatic N) is 5. The van der Waals surface area contributed by atoms with E-state index in [-0.39, 0.29) is 17.3 Å². The van der Waals surface area contributed by atoms with E-state index in [1.165, 1.54) is 12.3 Å². The third kappa shape index (κ3) is 5.10. The summed E-state index contributed by atoms with van der Waals surface area (Å²) < 4.78 is 79.8. The Bertz CT molecular complexity index is 1210. The Hall–Kier alpha value is -3.31. The first-order valence-corrected chi connectivity index (χ1v) is 10.6. The quantitative estimate of drug-likeness (QED) is 0.476. The highest BCUT2D eigenvalue weighted by molar-refractivity contribution is 5.53. The minimum Gasteiger partial charge on any atom is -0.267 e. The third-order valence-electron chi connectivity index (χ3n) is 5.75. The van der Waals surface area contributed by atoms with Crippen LogP contribution in [0, 0.1) is 0 Å². The number of halogens is 6. The van der Waals surface area contributed by atoms with Crippen LogP contribution < -0.4 is 5.56 Å². The van der Waals surface area contributed by atoms with E-state index >= 15 is 0 Å². The fraction of sp³-hybridized carbons (Fsp3) is 0.409. The molecule has 3 aromatic heterocycles. The molecule has 1 fully saturated rings. The molecule has 6 nitrogen and oxygen atoms in total. The van der Waals surface area contributed by atoms with Crippen LogP contribution in [0.15, 0.2) is 41.6 Å². The van der Waals surface area contributed by atoms with E-state index in [0.29, 0.717) is 11.8 Å². The van der Waals surface area contributed by atoms with Crippen molar-refractivity contribution in [2.24, 2.45) is 0 Å². The predicted octanol–water partition coefficient (Wildman–Crippen LogP) is 5.23. The van der Waals surface area contributed by atoms with Gasteiger partial charge < -0.3 is 0 Å². The molecule has 0 N–H and O–H groups in total. The van der Waals surface area contributed by atoms with Crippen LogP contribution in [0.4, 0.5) is 26.3 Å². The SMILES string of the molecule is O=c1c(C2CCCCC2)cc(-c2cnc(C(F)(F)F)cn2)nn1Cc1ncccc1C(F)(F)F. The summed E-state index contributed by atoms with van der Waals surface area (Å²) in [7, 11) is 0. The summed E-state index contributed by atoms with van der Waals surface area (Å²) in [4.78, 5) is 24.2. The van der Waals surface area contributed by atoms with Gasteiger partial charge in [0.15, 0.2) is 5.69 Å². The maximum absolute atomic E-state index is 13.4. The summed E-state index contributed by atoms with van der Waals surface area (Å²) in [6.07, 6.45) is -2.53. The molecule has 0 atom stereocenters. The molecule has 0 amide bonds. The van der Waals surface area contributed by atoms with Gasteiger partial charge in [0.1, 0.15) is 11.4 Å². The zero-order valence-electron chi connectivity index (χ0n) is 17.7. The Morgan fingerprint density at radius 1 is 0.912 bits per heavy atom. The fourth-order valence-electron chi connectivity index (χ4n) is 4.07. The Morgan fingerprint density at radius 2 is 1.65 bits per heavy atom. The maximum Gasteiger partial charge on any atom is 0.434 e. The molecule has 3 heterocycles. The first-order valence-electron chi connectivity index (χ1n) is 10.6. The van der Waals surface area contributed by atoms with E-state index in [1.54, 1.807) is 0 Å². The van der Waals surface area contributed by atoms with Gasteiger partial charge in [0, 0.05) is 11.8 Å². The number of hydrogen-bond donors (Lipinski definition) is 0. The molecule has 4 rings (SSSR count). The molecule has 1 saturated carbocycles. The number of pyridine rings is 1. The summed E-state index contributed by atoms with van der Waals surface area (Å²) in [6, 6.07) is 3.46. The van der Waals surface area contributed by atoms with Crippen LogP contribution in [0.3, 0.4) is 0 Å². The molecular formula is C22H19F6N5O. The second-order valence-corrected chi connectivity index (χ2v) is 8.06. The number of rotatable bonds is 4. The average Bonchev–Trinajstić information content (AvgIpc) is 2.80. The number of aromatic nitrogens is 5. The van der Waals surface area contributed by atoms with Crippen LogP contribution >= 0.6 is 0 Å². The maximum atomic E-state index is 13.4. The molecule has 1 aliphatic carbocycles. The molecule has 0 aliphatic heterocycles. The van der Waals surface area contributed by atoms with Crippen LogP contribution in [0.1, 0.15) is 60.5 Å². The van der Waals surface area contributed by atoms with Crippen molar-refractivity contribution in [3.8, 4) is 11.4 Å². The van der Waals surface area contributed by atoms with E-state index in [2.05, 4.69) is 20.1 Å². The van der Waals surface area contributed by atoms with Crippen molar-refractivity contribution in [1.29, 1.82) is 0 Å². The van der Waals surface area contributed by atoms with Gasteiger partial charge in [-0.15, -0.1) is 0 Å². The Balaban J connectivity index is 1.81. The van der Waals surface area contributed by atoms with Gasteiger partial charge in [0.25, 0.3) is 5.56 Å². The number of alkyl halides is 6. The van der Waals surface area contributed by atoms with E-state index in [1.807, 2.05) is 0 Å². The van der Waals surface area contributed by atoms with Gasteiger partial charge in [-0.1, -0.05) is 19.3 Å². The predicted molar refractivity (Wildman–Crippen MR) is 109 cm³/mol. The molecule has 34 heavy (non-hydrogen) atoms. The molecule has 0 radical (unpaired) electrons. The molecule has 1 aliphatic rings. The molecule has 0 spiro atoms. The van der Waals surface area contributed by atoms with E-state index in [4.69, 9.17) is 0 Å². The van der Waals surface area contributed by atoms with Crippen LogP contribution in [0.5, 0.6) is 0 Å². The second-order valence-electron chi connectivity index (χ2n) is 8.06. The molecule has 0 saturated heterocycles. The van der Waals surface area contributed by atoms with E-state index in [9.17, 15) is 31.1 Å². The number of hydrogen-bond acceptors (Lipinski definition) is 5. The zero-order chi connectivity index (χ0) is 24.5. The minimum atomic E-state index is -4.68.